The number of nitrogens with zero attached hydrogens (tertiary/aromatic N) is 3. The number of carbonyl (C=O) groups is 1. The topological polar surface area (TPSA) is 92.5 Å². The summed E-state index contributed by atoms with van der Waals surface area (Å²) in [6, 6.07) is 0.226. The normalized spacial score (nSPS) is 13.9. The third-order valence-electron chi connectivity index (χ3n) is 2.52. The molecule has 1 N–H and O–H groups in total. The quantitative estimate of drug-likeness (QED) is 0.805. The molecule has 1 unspecified atom stereocenters. The molecule has 1 aromatic rings. The number of likely N-dealkylation sites (N-methyl/N-ethyl adjacent to an activating group) is 1. The van der Waals surface area contributed by atoms with Crippen molar-refractivity contribution >= 4 is 16.0 Å². The second kappa shape index (κ2) is 4.84. The van der Waals surface area contributed by atoms with E-state index in [1.54, 1.807) is 6.92 Å². The first-order chi connectivity index (χ1) is 7.82. The van der Waals surface area contributed by atoms with Crippen LogP contribution < -0.4 is 0 Å². The Kier molecular flexibility index (Phi) is 3.89. The first-order valence-corrected chi connectivity index (χ1v) is 6.49. The lowest BCUT2D eigenvalue weighted by atomic mass is 10.4. The van der Waals surface area contributed by atoms with Gasteiger partial charge in [-0.05, 0) is 19.9 Å². The highest BCUT2D eigenvalue weighted by Crippen LogP contribution is 2.16. The number of aromatic nitrogens is 2. The van der Waals surface area contributed by atoms with Crippen molar-refractivity contribution in [1.29, 1.82) is 0 Å². The molecule has 1 atom stereocenters. The zero-order valence-corrected chi connectivity index (χ0v) is 10.7. The van der Waals surface area contributed by atoms with Gasteiger partial charge in [-0.3, -0.25) is 9.48 Å². The summed E-state index contributed by atoms with van der Waals surface area (Å²) in [5.41, 5.74) is 0. The molecule has 1 aromatic heterocycles. The zero-order valence-electron chi connectivity index (χ0n) is 9.86. The molecular weight excluding hydrogens is 246 g/mol. The van der Waals surface area contributed by atoms with Crippen molar-refractivity contribution in [1.82, 2.24) is 14.1 Å². The van der Waals surface area contributed by atoms with Crippen molar-refractivity contribution in [2.75, 3.05) is 7.05 Å². The Labute approximate surface area is 99.7 Å². The highest BCUT2D eigenvalue weighted by Gasteiger charge is 2.31. The fourth-order valence-corrected chi connectivity index (χ4v) is 2.77. The van der Waals surface area contributed by atoms with Crippen LogP contribution in [0.5, 0.6) is 0 Å². The van der Waals surface area contributed by atoms with Gasteiger partial charge in [0.2, 0.25) is 0 Å². The van der Waals surface area contributed by atoms with Crippen molar-refractivity contribution in [2.45, 2.75) is 31.5 Å². The molecule has 0 fully saturated rings. The van der Waals surface area contributed by atoms with Crippen molar-refractivity contribution in [3.8, 4) is 0 Å². The lowest BCUT2D eigenvalue weighted by Gasteiger charge is -2.21. The SMILES string of the molecule is CCn1nccc1S(=O)(=O)N(C)C(C)C(=O)O. The maximum atomic E-state index is 12.1. The van der Waals surface area contributed by atoms with Gasteiger partial charge in [0.1, 0.15) is 6.04 Å². The van der Waals surface area contributed by atoms with Gasteiger partial charge in [0.05, 0.1) is 6.20 Å². The highest BCUT2D eigenvalue weighted by molar-refractivity contribution is 7.89. The van der Waals surface area contributed by atoms with Crippen LogP contribution in [-0.4, -0.2) is 46.7 Å². The number of aliphatic carboxylic acids is 1. The van der Waals surface area contributed by atoms with Gasteiger partial charge in [-0.2, -0.15) is 9.40 Å². The summed E-state index contributed by atoms with van der Waals surface area (Å²) >= 11 is 0. The monoisotopic (exact) mass is 261 g/mol. The van der Waals surface area contributed by atoms with Crippen molar-refractivity contribution in [2.24, 2.45) is 0 Å². The van der Waals surface area contributed by atoms with Crippen LogP contribution in [0.25, 0.3) is 0 Å². The molecule has 0 aliphatic heterocycles. The third-order valence-corrected chi connectivity index (χ3v) is 4.47. The predicted molar refractivity (Wildman–Crippen MR) is 59.9 cm³/mol. The number of rotatable bonds is 5. The van der Waals surface area contributed by atoms with Crippen LogP contribution in [0.15, 0.2) is 17.3 Å². The minimum absolute atomic E-state index is 0.00407. The molecule has 17 heavy (non-hydrogen) atoms. The van der Waals surface area contributed by atoms with E-state index in [2.05, 4.69) is 5.10 Å². The molecule has 0 radical (unpaired) electrons. The summed E-state index contributed by atoms with van der Waals surface area (Å²) in [7, 11) is -2.59. The number of carboxylic acids is 1. The number of hydrogen-bond acceptors (Lipinski definition) is 4. The molecule has 96 valence electrons. The van der Waals surface area contributed by atoms with Crippen LogP contribution >= 0.6 is 0 Å². The van der Waals surface area contributed by atoms with E-state index in [9.17, 15) is 13.2 Å². The Bertz CT molecular complexity index is 508. The lowest BCUT2D eigenvalue weighted by molar-refractivity contribution is -0.140. The molecule has 8 heteroatoms. The Morgan fingerprint density at radius 1 is 1.65 bits per heavy atom. The lowest BCUT2D eigenvalue weighted by Crippen LogP contribution is -2.40. The summed E-state index contributed by atoms with van der Waals surface area (Å²) < 4.78 is 26.4. The molecule has 0 spiro atoms. The van der Waals surface area contributed by atoms with E-state index in [-0.39, 0.29) is 5.03 Å². The van der Waals surface area contributed by atoms with Crippen LogP contribution in [0.3, 0.4) is 0 Å². The van der Waals surface area contributed by atoms with Crippen molar-refractivity contribution < 1.29 is 18.3 Å². The van der Waals surface area contributed by atoms with Gasteiger partial charge in [-0.25, -0.2) is 8.42 Å². The number of aryl methyl sites for hydroxylation is 1. The average molecular weight is 261 g/mol. The number of sulfonamides is 1. The third kappa shape index (κ3) is 2.47. The number of carboxylic acid groups (broad SMARTS) is 1. The van der Waals surface area contributed by atoms with E-state index < -0.39 is 22.0 Å². The largest absolute Gasteiger partial charge is 0.480 e. The van der Waals surface area contributed by atoms with E-state index >= 15 is 0 Å². The smallest absolute Gasteiger partial charge is 0.321 e. The van der Waals surface area contributed by atoms with Gasteiger partial charge in [0, 0.05) is 13.6 Å². The van der Waals surface area contributed by atoms with Gasteiger partial charge >= 0.3 is 5.97 Å². The van der Waals surface area contributed by atoms with Gasteiger partial charge in [0.15, 0.2) is 5.03 Å². The van der Waals surface area contributed by atoms with Crippen LogP contribution in [0, 0.1) is 0 Å². The van der Waals surface area contributed by atoms with E-state index in [0.717, 1.165) is 4.31 Å². The first kappa shape index (κ1) is 13.7. The maximum absolute atomic E-state index is 12.1. The van der Waals surface area contributed by atoms with Gasteiger partial charge in [-0.15, -0.1) is 0 Å². The minimum Gasteiger partial charge on any atom is -0.480 e. The molecule has 0 aliphatic carbocycles. The molecule has 0 aliphatic rings. The molecule has 7 nitrogen and oxygen atoms in total. The summed E-state index contributed by atoms with van der Waals surface area (Å²) in [5.74, 6) is -1.20. The van der Waals surface area contributed by atoms with Gasteiger partial charge in [0.25, 0.3) is 10.0 Å². The maximum Gasteiger partial charge on any atom is 0.321 e. The Morgan fingerprint density at radius 3 is 2.71 bits per heavy atom. The highest BCUT2D eigenvalue weighted by atomic mass is 32.2. The van der Waals surface area contributed by atoms with Gasteiger partial charge in [-0.1, -0.05) is 0 Å². The standard InChI is InChI=1S/C9H15N3O4S/c1-4-12-8(5-6-10-12)17(15,16)11(3)7(2)9(13)14/h5-7H,4H2,1-3H3,(H,13,14). The number of hydrogen-bond donors (Lipinski definition) is 1. The minimum atomic E-state index is -3.83. The van der Waals surface area contributed by atoms with E-state index in [4.69, 9.17) is 5.11 Å². The summed E-state index contributed by atoms with van der Waals surface area (Å²) in [5, 5.41) is 12.7. The van der Waals surface area contributed by atoms with Gasteiger partial charge < -0.3 is 5.11 Å². The second-order valence-corrected chi connectivity index (χ2v) is 5.47. The first-order valence-electron chi connectivity index (χ1n) is 5.05. The summed E-state index contributed by atoms with van der Waals surface area (Å²) in [4.78, 5) is 10.8. The summed E-state index contributed by atoms with van der Waals surface area (Å²) in [6.45, 7) is 3.47. The molecule has 0 amide bonds. The molecule has 0 saturated carbocycles. The fourth-order valence-electron chi connectivity index (χ4n) is 1.29. The Balaban J connectivity index is 3.16. The fraction of sp³-hybridized carbons (Fsp3) is 0.556. The molecule has 1 heterocycles. The van der Waals surface area contributed by atoms with E-state index in [1.165, 1.54) is 30.9 Å². The molecule has 0 aromatic carbocycles. The molecule has 0 bridgehead atoms. The van der Waals surface area contributed by atoms with E-state index in [1.807, 2.05) is 0 Å². The van der Waals surface area contributed by atoms with Crippen LogP contribution in [0.1, 0.15) is 13.8 Å². The average Bonchev–Trinajstić information content (AvgIpc) is 2.75. The predicted octanol–water partition coefficient (Wildman–Crippen LogP) is -0.00340. The Hall–Kier alpha value is -1.41. The van der Waals surface area contributed by atoms with Crippen LogP contribution in [0.4, 0.5) is 0 Å². The zero-order chi connectivity index (χ0) is 13.2. The second-order valence-electron chi connectivity index (χ2n) is 3.52. The Morgan fingerprint density at radius 2 is 2.24 bits per heavy atom. The van der Waals surface area contributed by atoms with Crippen LogP contribution in [0.2, 0.25) is 0 Å². The van der Waals surface area contributed by atoms with Crippen molar-refractivity contribution in [3.63, 3.8) is 0 Å². The van der Waals surface area contributed by atoms with Crippen molar-refractivity contribution in [3.05, 3.63) is 12.3 Å². The molecule has 0 saturated heterocycles. The van der Waals surface area contributed by atoms with Crippen LogP contribution in [-0.2, 0) is 21.4 Å². The molecule has 1 rings (SSSR count). The summed E-state index contributed by atoms with van der Waals surface area (Å²) in [6.07, 6.45) is 1.37. The van der Waals surface area contributed by atoms with E-state index in [0.29, 0.717) is 6.54 Å². The molecular formula is C9H15N3O4S.